The van der Waals surface area contributed by atoms with Crippen LogP contribution in [0.4, 0.5) is 0 Å². The van der Waals surface area contributed by atoms with E-state index in [0.29, 0.717) is 0 Å². The number of imide groups is 2. The van der Waals surface area contributed by atoms with Gasteiger partial charge >= 0.3 is 5.97 Å². The largest absolute Gasteiger partial charge is 0.469 e. The predicted molar refractivity (Wildman–Crippen MR) is 130 cm³/mol. The zero-order valence-corrected chi connectivity index (χ0v) is 21.1. The fourth-order valence-electron chi connectivity index (χ4n) is 5.20. The minimum atomic E-state index is -1.15. The third-order valence-corrected chi connectivity index (χ3v) is 7.33. The molecule has 11 heteroatoms. The molecule has 0 aliphatic carbocycles. The SMILES string of the molecule is COC(=O)CC(CN1C(=O)CC[C@H](N2C(=O)c3ccccc3C2=O)C1=O)NC(=O)C(C)N1CCCCC1. The van der Waals surface area contributed by atoms with Crippen LogP contribution >= 0.6 is 0 Å². The van der Waals surface area contributed by atoms with Crippen molar-refractivity contribution in [1.82, 2.24) is 20.0 Å². The summed E-state index contributed by atoms with van der Waals surface area (Å²) in [7, 11) is 1.22. The molecule has 37 heavy (non-hydrogen) atoms. The van der Waals surface area contributed by atoms with Gasteiger partial charge in [0.25, 0.3) is 17.7 Å². The monoisotopic (exact) mass is 512 g/mol. The van der Waals surface area contributed by atoms with Crippen LogP contribution in [0, 0.1) is 0 Å². The number of benzene rings is 1. The van der Waals surface area contributed by atoms with Crippen molar-refractivity contribution < 1.29 is 33.5 Å². The lowest BCUT2D eigenvalue weighted by Gasteiger charge is -2.37. The van der Waals surface area contributed by atoms with Gasteiger partial charge < -0.3 is 10.1 Å². The van der Waals surface area contributed by atoms with E-state index in [1.807, 2.05) is 0 Å². The van der Waals surface area contributed by atoms with Gasteiger partial charge in [-0.05, 0) is 51.4 Å². The summed E-state index contributed by atoms with van der Waals surface area (Å²) >= 11 is 0. The molecule has 198 valence electrons. The van der Waals surface area contributed by atoms with Crippen LogP contribution in [-0.4, -0.2) is 95.1 Å². The first-order chi connectivity index (χ1) is 17.7. The smallest absolute Gasteiger partial charge is 0.307 e. The van der Waals surface area contributed by atoms with Crippen LogP contribution in [0.5, 0.6) is 0 Å². The van der Waals surface area contributed by atoms with Gasteiger partial charge in [-0.2, -0.15) is 0 Å². The van der Waals surface area contributed by atoms with Crippen molar-refractivity contribution >= 4 is 35.5 Å². The summed E-state index contributed by atoms with van der Waals surface area (Å²) in [5.41, 5.74) is 0.428. The molecular formula is C26H32N4O7. The molecule has 1 aromatic rings. The number of nitrogens with one attached hydrogen (secondary N) is 1. The fraction of sp³-hybridized carbons (Fsp3) is 0.538. The Morgan fingerprint density at radius 3 is 2.24 bits per heavy atom. The van der Waals surface area contributed by atoms with Crippen LogP contribution in [0.25, 0.3) is 0 Å². The Morgan fingerprint density at radius 2 is 1.65 bits per heavy atom. The Hall–Kier alpha value is -3.60. The molecule has 11 nitrogen and oxygen atoms in total. The van der Waals surface area contributed by atoms with E-state index in [4.69, 9.17) is 4.74 Å². The zero-order chi connectivity index (χ0) is 26.7. The Kier molecular flexibility index (Phi) is 8.01. The lowest BCUT2D eigenvalue weighted by molar-refractivity contribution is -0.153. The molecule has 1 N–H and O–H groups in total. The van der Waals surface area contributed by atoms with Gasteiger partial charge in [0.1, 0.15) is 6.04 Å². The number of hydrogen-bond acceptors (Lipinski definition) is 8. The van der Waals surface area contributed by atoms with Crippen molar-refractivity contribution in [3.63, 3.8) is 0 Å². The van der Waals surface area contributed by atoms with E-state index in [1.165, 1.54) is 19.2 Å². The van der Waals surface area contributed by atoms with Crippen LogP contribution in [-0.2, 0) is 23.9 Å². The number of amides is 5. The summed E-state index contributed by atoms with van der Waals surface area (Å²) < 4.78 is 4.76. The number of nitrogens with zero attached hydrogens (tertiary/aromatic N) is 3. The number of carbonyl (C=O) groups is 6. The summed E-state index contributed by atoms with van der Waals surface area (Å²) in [6, 6.07) is 3.84. The van der Waals surface area contributed by atoms with Crippen molar-refractivity contribution in [1.29, 1.82) is 0 Å². The van der Waals surface area contributed by atoms with Crippen molar-refractivity contribution in [3.05, 3.63) is 35.4 Å². The number of methoxy groups -OCH3 is 1. The van der Waals surface area contributed by atoms with E-state index < -0.39 is 47.7 Å². The molecule has 5 amide bonds. The minimum absolute atomic E-state index is 0.0135. The fourth-order valence-corrected chi connectivity index (χ4v) is 5.20. The van der Waals surface area contributed by atoms with Crippen molar-refractivity contribution in [2.75, 3.05) is 26.7 Å². The van der Waals surface area contributed by atoms with Gasteiger partial charge in [-0.1, -0.05) is 18.6 Å². The van der Waals surface area contributed by atoms with Crippen molar-refractivity contribution in [2.24, 2.45) is 0 Å². The van der Waals surface area contributed by atoms with E-state index in [2.05, 4.69) is 10.2 Å². The molecule has 0 bridgehead atoms. The Morgan fingerprint density at radius 1 is 1.03 bits per heavy atom. The summed E-state index contributed by atoms with van der Waals surface area (Å²) in [6.07, 6.45) is 2.82. The van der Waals surface area contributed by atoms with Gasteiger partial charge in [-0.25, -0.2) is 0 Å². The van der Waals surface area contributed by atoms with E-state index in [1.54, 1.807) is 19.1 Å². The molecule has 3 heterocycles. The molecular weight excluding hydrogens is 480 g/mol. The molecule has 3 aliphatic rings. The molecule has 4 rings (SSSR count). The van der Waals surface area contributed by atoms with Crippen LogP contribution in [0.1, 0.15) is 66.2 Å². The quantitative estimate of drug-likeness (QED) is 0.398. The van der Waals surface area contributed by atoms with Crippen LogP contribution in [0.2, 0.25) is 0 Å². The number of esters is 1. The van der Waals surface area contributed by atoms with Crippen molar-refractivity contribution in [2.45, 2.75) is 63.6 Å². The maximum Gasteiger partial charge on any atom is 0.307 e. The highest BCUT2D eigenvalue weighted by molar-refractivity contribution is 6.23. The second-order valence-corrected chi connectivity index (χ2v) is 9.68. The van der Waals surface area contributed by atoms with Crippen molar-refractivity contribution in [3.8, 4) is 0 Å². The molecule has 0 aromatic heterocycles. The highest BCUT2D eigenvalue weighted by atomic mass is 16.5. The van der Waals surface area contributed by atoms with Crippen LogP contribution < -0.4 is 5.32 Å². The van der Waals surface area contributed by atoms with Gasteiger partial charge in [0, 0.05) is 13.0 Å². The van der Waals surface area contributed by atoms with E-state index in [-0.39, 0.29) is 42.8 Å². The topological polar surface area (TPSA) is 133 Å². The zero-order valence-electron chi connectivity index (χ0n) is 21.1. The second-order valence-electron chi connectivity index (χ2n) is 9.68. The van der Waals surface area contributed by atoms with Gasteiger partial charge in [0.2, 0.25) is 11.8 Å². The number of ether oxygens (including phenoxy) is 1. The highest BCUT2D eigenvalue weighted by Crippen LogP contribution is 2.29. The maximum atomic E-state index is 13.4. The Bertz CT molecular complexity index is 1080. The predicted octanol–water partition coefficient (Wildman–Crippen LogP) is 0.723. The third kappa shape index (κ3) is 5.41. The summed E-state index contributed by atoms with van der Waals surface area (Å²) in [5.74, 6) is -3.29. The first-order valence-electron chi connectivity index (χ1n) is 12.6. The number of fused-ring (bicyclic) bond motifs is 1. The molecule has 3 atom stereocenters. The van der Waals surface area contributed by atoms with Gasteiger partial charge in [0.15, 0.2) is 0 Å². The maximum absolute atomic E-state index is 13.4. The molecule has 0 spiro atoms. The molecule has 3 aliphatic heterocycles. The summed E-state index contributed by atoms with van der Waals surface area (Å²) in [4.78, 5) is 81.2. The Labute approximate surface area is 215 Å². The first-order valence-corrected chi connectivity index (χ1v) is 12.6. The molecule has 2 unspecified atom stereocenters. The third-order valence-electron chi connectivity index (χ3n) is 7.33. The highest BCUT2D eigenvalue weighted by Gasteiger charge is 2.47. The average Bonchev–Trinajstić information content (AvgIpc) is 3.16. The summed E-state index contributed by atoms with van der Waals surface area (Å²) in [5, 5.41) is 2.81. The standard InChI is InChI=1S/C26H32N4O7/c1-16(28-12-6-3-7-13-28)23(33)27-17(14-22(32)37-2)15-29-21(31)11-10-20(26(29)36)30-24(34)18-8-4-5-9-19(18)25(30)35/h4-5,8-9,16-17,20H,3,6-7,10-15H2,1-2H3,(H,27,33)/t16?,17?,20-/m0/s1. The van der Waals surface area contributed by atoms with E-state index in [0.717, 1.165) is 42.2 Å². The average molecular weight is 513 g/mol. The molecule has 1 aromatic carbocycles. The van der Waals surface area contributed by atoms with Crippen LogP contribution in [0.3, 0.4) is 0 Å². The molecule has 2 saturated heterocycles. The number of rotatable bonds is 8. The second kappa shape index (κ2) is 11.2. The lowest BCUT2D eigenvalue weighted by atomic mass is 10.0. The lowest BCUT2D eigenvalue weighted by Crippen LogP contribution is -2.59. The molecule has 0 radical (unpaired) electrons. The normalized spacial score (nSPS) is 22.1. The van der Waals surface area contributed by atoms with E-state index in [9.17, 15) is 28.8 Å². The number of carbonyl (C=O) groups excluding carboxylic acids is 6. The van der Waals surface area contributed by atoms with Crippen LogP contribution in [0.15, 0.2) is 24.3 Å². The molecule has 0 saturated carbocycles. The van der Waals surface area contributed by atoms with E-state index >= 15 is 0 Å². The Balaban J connectivity index is 1.50. The number of piperidine rings is 2. The summed E-state index contributed by atoms with van der Waals surface area (Å²) in [6.45, 7) is 3.10. The van der Waals surface area contributed by atoms with Gasteiger partial charge in [-0.15, -0.1) is 0 Å². The molecule has 2 fully saturated rings. The number of hydrogen-bond donors (Lipinski definition) is 1. The van der Waals surface area contributed by atoms with Gasteiger partial charge in [-0.3, -0.25) is 43.5 Å². The number of likely N-dealkylation sites (tertiary alicyclic amines) is 2. The van der Waals surface area contributed by atoms with Gasteiger partial charge in [0.05, 0.1) is 36.7 Å². The first kappa shape index (κ1) is 26.5. The minimum Gasteiger partial charge on any atom is -0.469 e.